The summed E-state index contributed by atoms with van der Waals surface area (Å²) >= 11 is 0. The number of hydrogen-bond acceptors (Lipinski definition) is 5. The van der Waals surface area contributed by atoms with Crippen molar-refractivity contribution in [1.82, 2.24) is 14.7 Å². The molecular formula is C15H20N4O5. The van der Waals surface area contributed by atoms with Crippen molar-refractivity contribution in [3.05, 3.63) is 11.9 Å². The molecule has 1 fully saturated rings. The molecule has 0 radical (unpaired) electrons. The van der Waals surface area contributed by atoms with Crippen LogP contribution < -0.4 is 4.90 Å². The minimum Gasteiger partial charge on any atom is -0.469 e. The van der Waals surface area contributed by atoms with E-state index in [-0.39, 0.29) is 31.0 Å². The van der Waals surface area contributed by atoms with Crippen LogP contribution in [0, 0.1) is 5.92 Å². The number of carboxylic acid groups (broad SMARTS) is 1. The third-order valence-electron chi connectivity index (χ3n) is 4.88. The molecule has 2 amide bonds. The van der Waals surface area contributed by atoms with Crippen LogP contribution >= 0.6 is 0 Å². The van der Waals surface area contributed by atoms with E-state index in [0.717, 1.165) is 0 Å². The van der Waals surface area contributed by atoms with Gasteiger partial charge in [-0.05, 0) is 13.8 Å². The first kappa shape index (κ1) is 16.3. The molecule has 1 aromatic rings. The average molecular weight is 336 g/mol. The number of amides is 2. The molecule has 2 aliphatic rings. The fraction of sp³-hybridized carbons (Fsp3) is 0.600. The first-order valence-corrected chi connectivity index (χ1v) is 7.79. The van der Waals surface area contributed by atoms with E-state index in [4.69, 9.17) is 4.74 Å². The fourth-order valence-corrected chi connectivity index (χ4v) is 3.49. The van der Waals surface area contributed by atoms with E-state index in [1.807, 2.05) is 6.92 Å². The summed E-state index contributed by atoms with van der Waals surface area (Å²) in [4.78, 5) is 38.5. The molecule has 3 heterocycles. The van der Waals surface area contributed by atoms with Crippen LogP contribution in [0.2, 0.25) is 0 Å². The van der Waals surface area contributed by atoms with Gasteiger partial charge in [0, 0.05) is 12.5 Å². The van der Waals surface area contributed by atoms with E-state index in [0.29, 0.717) is 17.9 Å². The highest BCUT2D eigenvalue weighted by atomic mass is 16.5. The number of carbonyl (C=O) groups is 3. The third kappa shape index (κ3) is 2.40. The van der Waals surface area contributed by atoms with Crippen LogP contribution in [-0.4, -0.2) is 57.0 Å². The van der Waals surface area contributed by atoms with Crippen LogP contribution in [0.4, 0.5) is 10.5 Å². The quantitative estimate of drug-likeness (QED) is 0.796. The van der Waals surface area contributed by atoms with E-state index >= 15 is 0 Å². The van der Waals surface area contributed by atoms with Gasteiger partial charge in [-0.1, -0.05) is 0 Å². The highest BCUT2D eigenvalue weighted by Crippen LogP contribution is 2.35. The fourth-order valence-electron chi connectivity index (χ4n) is 3.49. The Hall–Kier alpha value is -2.58. The van der Waals surface area contributed by atoms with Gasteiger partial charge in [-0.3, -0.25) is 19.2 Å². The van der Waals surface area contributed by atoms with Crippen molar-refractivity contribution in [2.45, 2.75) is 45.4 Å². The largest absolute Gasteiger partial charge is 0.469 e. The van der Waals surface area contributed by atoms with Gasteiger partial charge in [0.1, 0.15) is 0 Å². The zero-order chi connectivity index (χ0) is 17.6. The van der Waals surface area contributed by atoms with Gasteiger partial charge in [0.25, 0.3) is 0 Å². The molecule has 130 valence electrons. The topological polar surface area (TPSA) is 105 Å². The molecule has 2 aliphatic heterocycles. The summed E-state index contributed by atoms with van der Waals surface area (Å²) in [6.07, 6.45) is 0.646. The molecule has 0 spiro atoms. The number of nitrogens with zero attached hydrogens (tertiary/aromatic N) is 4. The molecule has 0 saturated carbocycles. The van der Waals surface area contributed by atoms with Crippen molar-refractivity contribution in [2.75, 3.05) is 12.0 Å². The number of rotatable bonds is 2. The Bertz CT molecular complexity index is 700. The van der Waals surface area contributed by atoms with Crippen LogP contribution in [0.3, 0.4) is 0 Å². The van der Waals surface area contributed by atoms with E-state index in [2.05, 4.69) is 5.10 Å². The molecule has 0 aromatic carbocycles. The third-order valence-corrected chi connectivity index (χ3v) is 4.88. The number of carbonyl (C=O) groups excluding carboxylic acids is 2. The molecule has 1 aromatic heterocycles. The number of ether oxygens (including phenoxy) is 1. The van der Waals surface area contributed by atoms with Gasteiger partial charge >= 0.3 is 12.1 Å². The Balaban J connectivity index is 1.94. The molecule has 2 unspecified atom stereocenters. The lowest BCUT2D eigenvalue weighted by molar-refractivity contribution is -0.146. The van der Waals surface area contributed by atoms with Gasteiger partial charge in [0.05, 0.1) is 49.7 Å². The highest BCUT2D eigenvalue weighted by molar-refractivity contribution is 6.00. The minimum absolute atomic E-state index is 0.0809. The summed E-state index contributed by atoms with van der Waals surface area (Å²) in [5.74, 6) is -1.13. The molecule has 1 saturated heterocycles. The van der Waals surface area contributed by atoms with Crippen molar-refractivity contribution in [3.8, 4) is 0 Å². The lowest BCUT2D eigenvalue weighted by Gasteiger charge is -2.33. The predicted molar refractivity (Wildman–Crippen MR) is 82.3 cm³/mol. The van der Waals surface area contributed by atoms with Gasteiger partial charge < -0.3 is 14.7 Å². The van der Waals surface area contributed by atoms with Crippen molar-refractivity contribution in [2.24, 2.45) is 5.92 Å². The molecule has 3 atom stereocenters. The van der Waals surface area contributed by atoms with Crippen LogP contribution in [0.5, 0.6) is 0 Å². The summed E-state index contributed by atoms with van der Waals surface area (Å²) < 4.78 is 6.50. The number of hydrogen-bond donors (Lipinski definition) is 1. The first-order chi connectivity index (χ1) is 11.3. The Kier molecular flexibility index (Phi) is 3.94. The lowest BCUT2D eigenvalue weighted by Crippen LogP contribution is -2.45. The Labute approximate surface area is 138 Å². The monoisotopic (exact) mass is 336 g/mol. The predicted octanol–water partition coefficient (Wildman–Crippen LogP) is 0.680. The molecule has 9 nitrogen and oxygen atoms in total. The SMILES string of the molecule is COC(=O)C1CC(=O)N(c2cnn3c2CN(C(=O)O)[C@@H](C)C3)C1C. The highest BCUT2D eigenvalue weighted by Gasteiger charge is 2.44. The average Bonchev–Trinajstić information content (AvgIpc) is 3.05. The zero-order valence-corrected chi connectivity index (χ0v) is 13.8. The van der Waals surface area contributed by atoms with E-state index < -0.39 is 18.0 Å². The number of aromatic nitrogens is 2. The van der Waals surface area contributed by atoms with Crippen LogP contribution in [0.25, 0.3) is 0 Å². The molecule has 24 heavy (non-hydrogen) atoms. The summed E-state index contributed by atoms with van der Waals surface area (Å²) in [6.45, 7) is 4.19. The number of esters is 1. The number of anilines is 1. The van der Waals surface area contributed by atoms with Gasteiger partial charge in [0.2, 0.25) is 5.91 Å². The van der Waals surface area contributed by atoms with Gasteiger partial charge in [-0.2, -0.15) is 5.10 Å². The molecule has 3 rings (SSSR count). The molecule has 9 heteroatoms. The van der Waals surface area contributed by atoms with Gasteiger partial charge in [-0.25, -0.2) is 4.79 Å². The zero-order valence-electron chi connectivity index (χ0n) is 13.8. The lowest BCUT2D eigenvalue weighted by atomic mass is 10.0. The summed E-state index contributed by atoms with van der Waals surface area (Å²) in [5, 5.41) is 13.6. The maximum absolute atomic E-state index is 12.4. The molecule has 1 N–H and O–H groups in total. The second kappa shape index (κ2) is 5.81. The normalized spacial score (nSPS) is 26.5. The Morgan fingerprint density at radius 2 is 2.08 bits per heavy atom. The molecule has 0 aliphatic carbocycles. The van der Waals surface area contributed by atoms with E-state index in [1.165, 1.54) is 16.9 Å². The van der Waals surface area contributed by atoms with Crippen molar-refractivity contribution < 1.29 is 24.2 Å². The Morgan fingerprint density at radius 1 is 1.38 bits per heavy atom. The van der Waals surface area contributed by atoms with Gasteiger partial charge in [0.15, 0.2) is 0 Å². The Morgan fingerprint density at radius 3 is 2.71 bits per heavy atom. The summed E-state index contributed by atoms with van der Waals surface area (Å²) in [5.41, 5.74) is 1.23. The maximum Gasteiger partial charge on any atom is 0.407 e. The summed E-state index contributed by atoms with van der Waals surface area (Å²) in [6, 6.07) is -0.561. The first-order valence-electron chi connectivity index (χ1n) is 7.79. The van der Waals surface area contributed by atoms with Crippen molar-refractivity contribution >= 4 is 23.7 Å². The second-order valence-corrected chi connectivity index (χ2v) is 6.26. The second-order valence-electron chi connectivity index (χ2n) is 6.26. The van der Waals surface area contributed by atoms with E-state index in [1.54, 1.807) is 17.8 Å². The number of methoxy groups -OCH3 is 1. The molecule has 0 bridgehead atoms. The van der Waals surface area contributed by atoms with Crippen LogP contribution in [0.1, 0.15) is 26.0 Å². The van der Waals surface area contributed by atoms with Crippen LogP contribution in [-0.2, 0) is 27.4 Å². The number of fused-ring (bicyclic) bond motifs is 1. The molecular weight excluding hydrogens is 316 g/mol. The van der Waals surface area contributed by atoms with Crippen molar-refractivity contribution in [1.29, 1.82) is 0 Å². The summed E-state index contributed by atoms with van der Waals surface area (Å²) in [7, 11) is 1.30. The maximum atomic E-state index is 12.4. The standard InChI is InChI=1S/C15H20N4O5/c1-8-6-18-12(7-17(8)15(22)23)11(5-16-18)19-9(2)10(4-13(19)20)14(21)24-3/h5,8-10H,4,6-7H2,1-3H3,(H,22,23)/t8-,9?,10?/m0/s1. The minimum atomic E-state index is -1.01. The van der Waals surface area contributed by atoms with E-state index in [9.17, 15) is 19.5 Å². The smallest absolute Gasteiger partial charge is 0.407 e. The van der Waals surface area contributed by atoms with Gasteiger partial charge in [-0.15, -0.1) is 0 Å². The van der Waals surface area contributed by atoms with Crippen molar-refractivity contribution in [3.63, 3.8) is 0 Å². The van der Waals surface area contributed by atoms with Crippen LogP contribution in [0.15, 0.2) is 6.20 Å².